The second-order valence-corrected chi connectivity index (χ2v) is 8.43. The summed E-state index contributed by atoms with van der Waals surface area (Å²) in [4.78, 5) is 22.0. The molecule has 0 unspecified atom stereocenters. The molecule has 0 aliphatic heterocycles. The standard InChI is InChI=1S/C17H20N4O4S2/c22-15(25-10-12-6-8-14(9-7-12)21(23)24)11-26-17-20-19-16(27-17)18-13-4-2-1-3-5-13/h6-9,13H,1-5,10-11H2,(H,18,19). The van der Waals surface area contributed by atoms with E-state index in [9.17, 15) is 14.9 Å². The summed E-state index contributed by atoms with van der Waals surface area (Å²) in [5.74, 6) is -0.222. The molecule has 1 saturated carbocycles. The van der Waals surface area contributed by atoms with Crippen LogP contribution < -0.4 is 5.32 Å². The number of thioether (sulfide) groups is 1. The van der Waals surface area contributed by atoms with E-state index in [-0.39, 0.29) is 24.0 Å². The van der Waals surface area contributed by atoms with Gasteiger partial charge in [-0.15, -0.1) is 10.2 Å². The molecule has 0 amide bonds. The molecule has 1 aliphatic carbocycles. The van der Waals surface area contributed by atoms with Gasteiger partial charge in [0.15, 0.2) is 4.34 Å². The van der Waals surface area contributed by atoms with Gasteiger partial charge in [-0.1, -0.05) is 42.4 Å². The SMILES string of the molecule is O=C(CSc1nnc(NC2CCCCC2)s1)OCc1ccc([N+](=O)[O-])cc1. The number of nitro benzene ring substituents is 1. The van der Waals surface area contributed by atoms with E-state index in [1.165, 1.54) is 54.5 Å². The number of nitrogens with zero attached hydrogens (tertiary/aromatic N) is 3. The quantitative estimate of drug-likeness (QED) is 0.302. The molecule has 1 aliphatic rings. The lowest BCUT2D eigenvalue weighted by atomic mass is 9.96. The van der Waals surface area contributed by atoms with Gasteiger partial charge in [-0.05, 0) is 30.5 Å². The van der Waals surface area contributed by atoms with E-state index >= 15 is 0 Å². The molecule has 27 heavy (non-hydrogen) atoms. The number of nitro groups is 1. The van der Waals surface area contributed by atoms with Crippen molar-refractivity contribution in [1.29, 1.82) is 0 Å². The van der Waals surface area contributed by atoms with Crippen molar-refractivity contribution in [1.82, 2.24) is 10.2 Å². The number of benzene rings is 1. The third kappa shape index (κ3) is 6.17. The summed E-state index contributed by atoms with van der Waals surface area (Å²) < 4.78 is 5.91. The Bertz CT molecular complexity index is 775. The van der Waals surface area contributed by atoms with E-state index in [1.54, 1.807) is 12.1 Å². The van der Waals surface area contributed by atoms with Crippen molar-refractivity contribution in [3.63, 3.8) is 0 Å². The number of aromatic nitrogens is 2. The Morgan fingerprint density at radius 3 is 2.70 bits per heavy atom. The minimum atomic E-state index is -0.466. The van der Waals surface area contributed by atoms with Crippen LogP contribution in [-0.2, 0) is 16.1 Å². The highest BCUT2D eigenvalue weighted by molar-refractivity contribution is 8.01. The molecule has 1 aromatic carbocycles. The number of hydrogen-bond donors (Lipinski definition) is 1. The lowest BCUT2D eigenvalue weighted by Crippen LogP contribution is -2.21. The van der Waals surface area contributed by atoms with Crippen molar-refractivity contribution >= 4 is 39.9 Å². The molecule has 144 valence electrons. The molecule has 10 heteroatoms. The Morgan fingerprint density at radius 1 is 1.26 bits per heavy atom. The average Bonchev–Trinajstić information content (AvgIpc) is 3.13. The van der Waals surface area contributed by atoms with Gasteiger partial charge >= 0.3 is 5.97 Å². The molecule has 1 N–H and O–H groups in total. The summed E-state index contributed by atoms with van der Waals surface area (Å²) in [6.07, 6.45) is 6.13. The largest absolute Gasteiger partial charge is 0.460 e. The number of carbonyl (C=O) groups is 1. The van der Waals surface area contributed by atoms with Gasteiger partial charge in [0.25, 0.3) is 5.69 Å². The van der Waals surface area contributed by atoms with Gasteiger partial charge in [-0.2, -0.15) is 0 Å². The summed E-state index contributed by atoms with van der Waals surface area (Å²) in [5, 5.41) is 23.1. The predicted molar refractivity (Wildman–Crippen MR) is 104 cm³/mol. The highest BCUT2D eigenvalue weighted by Gasteiger charge is 2.16. The van der Waals surface area contributed by atoms with E-state index in [1.807, 2.05) is 0 Å². The van der Waals surface area contributed by atoms with E-state index in [0.717, 1.165) is 22.3 Å². The first kappa shape index (κ1) is 19.6. The van der Waals surface area contributed by atoms with Gasteiger partial charge in [0.2, 0.25) is 5.13 Å². The molecule has 3 rings (SSSR count). The first-order valence-corrected chi connectivity index (χ1v) is 10.5. The third-order valence-electron chi connectivity index (χ3n) is 4.20. The van der Waals surface area contributed by atoms with Gasteiger partial charge in [-0.3, -0.25) is 14.9 Å². The summed E-state index contributed by atoms with van der Waals surface area (Å²) in [6.45, 7) is 0.0853. The maximum absolute atomic E-state index is 11.9. The number of ether oxygens (including phenoxy) is 1. The van der Waals surface area contributed by atoms with E-state index < -0.39 is 4.92 Å². The fourth-order valence-electron chi connectivity index (χ4n) is 2.79. The van der Waals surface area contributed by atoms with Crippen molar-refractivity contribution in [3.8, 4) is 0 Å². The lowest BCUT2D eigenvalue weighted by molar-refractivity contribution is -0.384. The highest BCUT2D eigenvalue weighted by atomic mass is 32.2. The molecule has 0 atom stereocenters. The topological polar surface area (TPSA) is 107 Å². The second kappa shape index (κ2) is 9.65. The Kier molecular flexibility index (Phi) is 6.99. The van der Waals surface area contributed by atoms with E-state index in [4.69, 9.17) is 4.74 Å². The van der Waals surface area contributed by atoms with Gasteiger partial charge in [0, 0.05) is 18.2 Å². The van der Waals surface area contributed by atoms with Crippen LogP contribution in [0.1, 0.15) is 37.7 Å². The zero-order valence-electron chi connectivity index (χ0n) is 14.6. The molecule has 8 nitrogen and oxygen atoms in total. The predicted octanol–water partition coefficient (Wildman–Crippen LogP) is 4.03. The summed E-state index contributed by atoms with van der Waals surface area (Å²) in [5.41, 5.74) is 0.711. The van der Waals surface area contributed by atoms with Crippen molar-refractivity contribution in [2.24, 2.45) is 0 Å². The monoisotopic (exact) mass is 408 g/mol. The molecule has 0 spiro atoms. The van der Waals surface area contributed by atoms with Crippen molar-refractivity contribution in [2.45, 2.75) is 49.1 Å². The maximum atomic E-state index is 11.9. The molecule has 1 fully saturated rings. The van der Waals surface area contributed by atoms with Crippen molar-refractivity contribution < 1.29 is 14.5 Å². The third-order valence-corrected chi connectivity index (χ3v) is 6.16. The number of nitrogens with one attached hydrogen (secondary N) is 1. The van der Waals surface area contributed by atoms with Crippen LogP contribution in [0.25, 0.3) is 0 Å². The molecule has 0 radical (unpaired) electrons. The zero-order valence-corrected chi connectivity index (χ0v) is 16.3. The Labute approximate surface area is 164 Å². The van der Waals surface area contributed by atoms with Crippen LogP contribution in [0.4, 0.5) is 10.8 Å². The van der Waals surface area contributed by atoms with Crippen LogP contribution >= 0.6 is 23.1 Å². The summed E-state index contributed by atoms with van der Waals surface area (Å²) >= 11 is 2.74. The number of rotatable bonds is 8. The van der Waals surface area contributed by atoms with Crippen LogP contribution in [0.5, 0.6) is 0 Å². The first-order chi connectivity index (χ1) is 13.1. The number of anilines is 1. The number of carbonyl (C=O) groups excluding carboxylic acids is 1. The fraction of sp³-hybridized carbons (Fsp3) is 0.471. The Morgan fingerprint density at radius 2 is 2.00 bits per heavy atom. The molecule has 0 saturated heterocycles. The first-order valence-electron chi connectivity index (χ1n) is 8.72. The molecule has 0 bridgehead atoms. The fourth-order valence-corrected chi connectivity index (χ4v) is 4.41. The zero-order chi connectivity index (χ0) is 19.1. The summed E-state index contributed by atoms with van der Waals surface area (Å²) in [6, 6.07) is 6.40. The van der Waals surface area contributed by atoms with Crippen LogP contribution in [0.2, 0.25) is 0 Å². The highest BCUT2D eigenvalue weighted by Crippen LogP contribution is 2.28. The van der Waals surface area contributed by atoms with Gasteiger partial charge in [0.05, 0.1) is 10.7 Å². The van der Waals surface area contributed by atoms with Crippen LogP contribution in [-0.4, -0.2) is 32.9 Å². The number of non-ortho nitro benzene ring substituents is 1. The average molecular weight is 409 g/mol. The Hall–Kier alpha value is -2.20. The minimum absolute atomic E-state index is 0.00884. The summed E-state index contributed by atoms with van der Waals surface area (Å²) in [7, 11) is 0. The van der Waals surface area contributed by atoms with Gasteiger partial charge in [0.1, 0.15) is 6.61 Å². The second-order valence-electron chi connectivity index (χ2n) is 6.23. The molecule has 1 heterocycles. The Balaban J connectivity index is 1.39. The van der Waals surface area contributed by atoms with Crippen LogP contribution in [0, 0.1) is 10.1 Å². The molecular weight excluding hydrogens is 388 g/mol. The molecule has 2 aromatic rings. The smallest absolute Gasteiger partial charge is 0.316 e. The molecular formula is C17H20N4O4S2. The molecule has 1 aromatic heterocycles. The maximum Gasteiger partial charge on any atom is 0.316 e. The lowest BCUT2D eigenvalue weighted by Gasteiger charge is -2.21. The number of esters is 1. The van der Waals surface area contributed by atoms with E-state index in [0.29, 0.717) is 11.6 Å². The van der Waals surface area contributed by atoms with Crippen LogP contribution in [0.3, 0.4) is 0 Å². The van der Waals surface area contributed by atoms with E-state index in [2.05, 4.69) is 15.5 Å². The minimum Gasteiger partial charge on any atom is -0.460 e. The van der Waals surface area contributed by atoms with Crippen molar-refractivity contribution in [2.75, 3.05) is 11.1 Å². The van der Waals surface area contributed by atoms with Gasteiger partial charge in [-0.25, -0.2) is 0 Å². The van der Waals surface area contributed by atoms with Crippen LogP contribution in [0.15, 0.2) is 28.6 Å². The van der Waals surface area contributed by atoms with Gasteiger partial charge < -0.3 is 10.1 Å². The van der Waals surface area contributed by atoms with Crippen molar-refractivity contribution in [3.05, 3.63) is 39.9 Å². The number of hydrogen-bond acceptors (Lipinski definition) is 9. The normalized spacial score (nSPS) is 14.7.